The molecule has 1 amide bonds. The summed E-state index contributed by atoms with van der Waals surface area (Å²) in [7, 11) is 4.43. The average Bonchev–Trinajstić information content (AvgIpc) is 2.64. The third-order valence-electron chi connectivity index (χ3n) is 4.22. The van der Waals surface area contributed by atoms with Gasteiger partial charge in [0.1, 0.15) is 0 Å². The van der Waals surface area contributed by atoms with Crippen LogP contribution in [-0.2, 0) is 14.3 Å². The van der Waals surface area contributed by atoms with Crippen molar-refractivity contribution < 1.29 is 23.8 Å². The highest BCUT2D eigenvalue weighted by Crippen LogP contribution is 2.36. The zero-order chi connectivity index (χ0) is 18.4. The molecule has 1 aromatic carbocycles. The molecule has 1 aliphatic heterocycles. The van der Waals surface area contributed by atoms with Crippen LogP contribution in [-0.4, -0.2) is 51.2 Å². The van der Waals surface area contributed by atoms with Crippen LogP contribution in [0.5, 0.6) is 11.5 Å². The molecule has 25 heavy (non-hydrogen) atoms. The van der Waals surface area contributed by atoms with Crippen LogP contribution >= 0.6 is 11.6 Å². The lowest BCUT2D eigenvalue weighted by atomic mass is 9.97. The topological polar surface area (TPSA) is 65.1 Å². The number of piperidine rings is 1. The lowest BCUT2D eigenvalue weighted by molar-refractivity contribution is -0.148. The van der Waals surface area contributed by atoms with Gasteiger partial charge in [0.05, 0.1) is 32.3 Å². The summed E-state index contributed by atoms with van der Waals surface area (Å²) < 4.78 is 15.2. The van der Waals surface area contributed by atoms with Gasteiger partial charge < -0.3 is 19.1 Å². The fraction of sp³-hybridized carbons (Fsp3) is 0.444. The van der Waals surface area contributed by atoms with Crippen LogP contribution in [0.4, 0.5) is 0 Å². The van der Waals surface area contributed by atoms with Crippen LogP contribution in [0, 0.1) is 5.92 Å². The number of likely N-dealkylation sites (tertiary alicyclic amines) is 1. The third kappa shape index (κ3) is 4.66. The van der Waals surface area contributed by atoms with E-state index in [1.54, 1.807) is 23.1 Å². The number of rotatable bonds is 5. The van der Waals surface area contributed by atoms with E-state index in [2.05, 4.69) is 0 Å². The number of carbonyl (C=O) groups is 2. The van der Waals surface area contributed by atoms with Gasteiger partial charge in [-0.1, -0.05) is 11.6 Å². The van der Waals surface area contributed by atoms with Crippen molar-refractivity contribution in [2.45, 2.75) is 12.8 Å². The van der Waals surface area contributed by atoms with Crippen molar-refractivity contribution >= 4 is 29.6 Å². The highest BCUT2D eigenvalue weighted by molar-refractivity contribution is 6.32. The fourth-order valence-electron chi connectivity index (χ4n) is 2.81. The number of amides is 1. The minimum atomic E-state index is -0.206. The molecule has 1 aromatic rings. The van der Waals surface area contributed by atoms with Gasteiger partial charge in [0.2, 0.25) is 5.91 Å². The number of carbonyl (C=O) groups excluding carboxylic acids is 2. The Labute approximate surface area is 152 Å². The van der Waals surface area contributed by atoms with E-state index in [4.69, 9.17) is 25.8 Å². The summed E-state index contributed by atoms with van der Waals surface area (Å²) in [5.41, 5.74) is 0.737. The van der Waals surface area contributed by atoms with Crippen molar-refractivity contribution in [3.8, 4) is 11.5 Å². The van der Waals surface area contributed by atoms with Gasteiger partial charge in [0, 0.05) is 19.2 Å². The van der Waals surface area contributed by atoms with E-state index >= 15 is 0 Å². The molecule has 0 unspecified atom stereocenters. The molecule has 0 aliphatic carbocycles. The summed E-state index contributed by atoms with van der Waals surface area (Å²) in [5.74, 6) is 0.526. The van der Waals surface area contributed by atoms with Gasteiger partial charge in [-0.2, -0.15) is 0 Å². The first-order valence-corrected chi connectivity index (χ1v) is 8.34. The van der Waals surface area contributed by atoms with Gasteiger partial charge in [-0.05, 0) is 36.6 Å². The third-order valence-corrected chi connectivity index (χ3v) is 4.50. The van der Waals surface area contributed by atoms with Crippen LogP contribution in [0.25, 0.3) is 6.08 Å². The van der Waals surface area contributed by atoms with Crippen molar-refractivity contribution in [2.75, 3.05) is 34.4 Å². The maximum atomic E-state index is 12.3. The Morgan fingerprint density at radius 3 is 2.40 bits per heavy atom. The molecule has 1 saturated heterocycles. The second-order valence-electron chi connectivity index (χ2n) is 5.69. The predicted octanol–water partition coefficient (Wildman–Crippen LogP) is 2.78. The molecule has 7 heteroatoms. The van der Waals surface area contributed by atoms with Gasteiger partial charge in [-0.15, -0.1) is 0 Å². The summed E-state index contributed by atoms with van der Waals surface area (Å²) >= 11 is 6.16. The molecule has 1 fully saturated rings. The summed E-state index contributed by atoms with van der Waals surface area (Å²) in [4.78, 5) is 25.6. The maximum Gasteiger partial charge on any atom is 0.308 e. The fourth-order valence-corrected chi connectivity index (χ4v) is 3.11. The number of hydrogen-bond donors (Lipinski definition) is 0. The minimum absolute atomic E-state index is 0.103. The van der Waals surface area contributed by atoms with Crippen molar-refractivity contribution in [3.63, 3.8) is 0 Å². The Balaban J connectivity index is 2.01. The molecule has 0 spiro atoms. The minimum Gasteiger partial charge on any atom is -0.493 e. The Bertz CT molecular complexity index is 666. The number of esters is 1. The smallest absolute Gasteiger partial charge is 0.308 e. The van der Waals surface area contributed by atoms with Crippen LogP contribution in [0.3, 0.4) is 0 Å². The number of hydrogen-bond acceptors (Lipinski definition) is 5. The zero-order valence-electron chi connectivity index (χ0n) is 14.6. The molecule has 1 aliphatic rings. The molecule has 0 aromatic heterocycles. The van der Waals surface area contributed by atoms with Crippen LogP contribution in [0.1, 0.15) is 18.4 Å². The van der Waals surface area contributed by atoms with E-state index in [0.29, 0.717) is 42.5 Å². The van der Waals surface area contributed by atoms with Crippen molar-refractivity contribution in [1.29, 1.82) is 0 Å². The van der Waals surface area contributed by atoms with E-state index in [1.807, 2.05) is 0 Å². The monoisotopic (exact) mass is 367 g/mol. The maximum absolute atomic E-state index is 12.3. The van der Waals surface area contributed by atoms with Gasteiger partial charge in [0.25, 0.3) is 0 Å². The predicted molar refractivity (Wildman–Crippen MR) is 94.9 cm³/mol. The Morgan fingerprint density at radius 2 is 1.84 bits per heavy atom. The van der Waals surface area contributed by atoms with Gasteiger partial charge in [-0.25, -0.2) is 0 Å². The second-order valence-corrected chi connectivity index (χ2v) is 6.10. The molecule has 0 N–H and O–H groups in total. The molecule has 0 radical (unpaired) electrons. The first-order chi connectivity index (χ1) is 12.0. The summed E-state index contributed by atoms with van der Waals surface area (Å²) in [5, 5.41) is 0.410. The number of methoxy groups -OCH3 is 3. The lowest BCUT2D eigenvalue weighted by Gasteiger charge is -2.29. The zero-order valence-corrected chi connectivity index (χ0v) is 15.3. The SMILES string of the molecule is COC(=O)C1CCN(C(=O)C=Cc2cc(Cl)c(OC)c(OC)c2)CC1. The average molecular weight is 368 g/mol. The number of ether oxygens (including phenoxy) is 3. The van der Waals surface area contributed by atoms with Crippen molar-refractivity contribution in [3.05, 3.63) is 28.8 Å². The summed E-state index contributed by atoms with van der Waals surface area (Å²) in [6, 6.07) is 3.45. The standard InChI is InChI=1S/C18H22ClNO5/c1-23-15-11-12(10-14(19)17(15)24-2)4-5-16(21)20-8-6-13(7-9-20)18(22)25-3/h4-5,10-11,13H,6-9H2,1-3H3. The van der Waals surface area contributed by atoms with Crippen LogP contribution in [0.15, 0.2) is 18.2 Å². The van der Waals surface area contributed by atoms with E-state index < -0.39 is 0 Å². The molecular formula is C18H22ClNO5. The molecule has 2 rings (SSSR count). The molecule has 6 nitrogen and oxygen atoms in total. The Kier molecular flexibility index (Phi) is 6.70. The number of nitrogens with zero attached hydrogens (tertiary/aromatic N) is 1. The Morgan fingerprint density at radius 1 is 1.16 bits per heavy atom. The van der Waals surface area contributed by atoms with Crippen LogP contribution < -0.4 is 9.47 Å². The summed E-state index contributed by atoms with van der Waals surface area (Å²) in [6.07, 6.45) is 4.42. The number of benzene rings is 1. The highest BCUT2D eigenvalue weighted by atomic mass is 35.5. The van der Waals surface area contributed by atoms with Crippen LogP contribution in [0.2, 0.25) is 5.02 Å². The highest BCUT2D eigenvalue weighted by Gasteiger charge is 2.27. The Hall–Kier alpha value is -2.21. The van der Waals surface area contributed by atoms with Gasteiger partial charge in [-0.3, -0.25) is 9.59 Å². The molecule has 0 atom stereocenters. The molecule has 0 bridgehead atoms. The normalized spacial score (nSPS) is 15.3. The van der Waals surface area contributed by atoms with E-state index in [0.717, 1.165) is 5.56 Å². The summed E-state index contributed by atoms with van der Waals surface area (Å²) in [6.45, 7) is 1.07. The first-order valence-electron chi connectivity index (χ1n) is 7.96. The van der Waals surface area contributed by atoms with Gasteiger partial charge in [0.15, 0.2) is 11.5 Å². The lowest BCUT2D eigenvalue weighted by Crippen LogP contribution is -2.39. The molecule has 136 valence electrons. The van der Waals surface area contributed by atoms with E-state index in [1.165, 1.54) is 27.4 Å². The quantitative estimate of drug-likeness (QED) is 0.591. The molecule has 0 saturated carbocycles. The second kappa shape index (κ2) is 8.76. The molecular weight excluding hydrogens is 346 g/mol. The number of halogens is 1. The largest absolute Gasteiger partial charge is 0.493 e. The van der Waals surface area contributed by atoms with Gasteiger partial charge >= 0.3 is 5.97 Å². The van der Waals surface area contributed by atoms with Crippen molar-refractivity contribution in [2.24, 2.45) is 5.92 Å². The molecule has 1 heterocycles. The van der Waals surface area contributed by atoms with E-state index in [9.17, 15) is 9.59 Å². The first kappa shape index (κ1) is 19.1. The van der Waals surface area contributed by atoms with E-state index in [-0.39, 0.29) is 17.8 Å². The van der Waals surface area contributed by atoms with Crippen molar-refractivity contribution in [1.82, 2.24) is 4.90 Å².